The first kappa shape index (κ1) is 71.4. The fourth-order valence-electron chi connectivity index (χ4n) is 6.97. The molecule has 0 spiro atoms. The lowest BCUT2D eigenvalue weighted by molar-refractivity contribution is -0.138. The Morgan fingerprint density at radius 1 is 0.468 bits per heavy atom. The van der Waals surface area contributed by atoms with Gasteiger partial charge in [-0.1, -0.05) is 64.2 Å². The number of ether oxygens (including phenoxy) is 1. The number of hydrogen-bond donors (Lipinski definition) is 7. The highest BCUT2D eigenvalue weighted by Crippen LogP contribution is 2.11. The van der Waals surface area contributed by atoms with Crippen LogP contribution in [0.2, 0.25) is 0 Å². The molecule has 0 saturated heterocycles. The van der Waals surface area contributed by atoms with E-state index in [1.54, 1.807) is 0 Å². The van der Waals surface area contributed by atoms with Gasteiger partial charge in [0.05, 0.1) is 0 Å². The lowest BCUT2D eigenvalue weighted by Crippen LogP contribution is -2.30. The molecular formula is C53H84N10O14. The van der Waals surface area contributed by atoms with Crippen molar-refractivity contribution in [3.8, 4) is 12.3 Å². The average molecular weight is 1090 g/mol. The lowest BCUT2D eigenvalue weighted by Gasteiger charge is -2.13. The normalized spacial score (nSPS) is 12.8. The highest BCUT2D eigenvalue weighted by molar-refractivity contribution is 6.14. The molecule has 3 aliphatic heterocycles. The van der Waals surface area contributed by atoms with E-state index in [4.69, 9.17) is 22.7 Å². The Morgan fingerprint density at radius 2 is 0.727 bits per heavy atom. The quantitative estimate of drug-likeness (QED) is 0.0205. The van der Waals surface area contributed by atoms with Crippen molar-refractivity contribution in [1.29, 1.82) is 0 Å². The SMILES string of the molecule is C#CCOC(N)=O.CCCCCCNC(=O)CCCCCN1C(=O)C=CC1=O.NC(=O)CCCCCNC(=O)CCCCCN1C(=O)C=CC1=O.NC(=O)CCCCCNC(=O)CCCCCN1C(=O)C=CC1=O.NC=O. The molecule has 0 atom stereocenters. The van der Waals surface area contributed by atoms with Gasteiger partial charge in [-0.3, -0.25) is 72.2 Å². The molecule has 0 aliphatic carbocycles. The van der Waals surface area contributed by atoms with Gasteiger partial charge in [-0.25, -0.2) is 4.79 Å². The highest BCUT2D eigenvalue weighted by Gasteiger charge is 2.24. The number of terminal acetylenes is 1. The van der Waals surface area contributed by atoms with Crippen LogP contribution in [0.25, 0.3) is 0 Å². The molecule has 0 radical (unpaired) electrons. The fraction of sp³-hybridized carbons (Fsp3) is 0.604. The van der Waals surface area contributed by atoms with Crippen LogP contribution in [0.3, 0.4) is 0 Å². The molecule has 3 heterocycles. The zero-order valence-corrected chi connectivity index (χ0v) is 44.9. The summed E-state index contributed by atoms with van der Waals surface area (Å²) in [4.78, 5) is 146. The van der Waals surface area contributed by atoms with Gasteiger partial charge in [-0.2, -0.15) is 0 Å². The summed E-state index contributed by atoms with van der Waals surface area (Å²) in [5, 5.41) is 8.59. The number of nitrogens with two attached hydrogens (primary N) is 4. The van der Waals surface area contributed by atoms with E-state index in [0.29, 0.717) is 77.7 Å². The molecule has 3 rings (SSSR count). The molecule has 0 fully saturated rings. The second kappa shape index (κ2) is 48.0. The van der Waals surface area contributed by atoms with E-state index in [1.165, 1.54) is 70.4 Å². The Balaban J connectivity index is 0. The number of primary amides is 4. The molecule has 0 saturated carbocycles. The summed E-state index contributed by atoms with van der Waals surface area (Å²) in [6, 6.07) is 0. The molecule has 24 nitrogen and oxygen atoms in total. The van der Waals surface area contributed by atoms with E-state index >= 15 is 0 Å². The van der Waals surface area contributed by atoms with Crippen molar-refractivity contribution in [2.75, 3.05) is 45.9 Å². The maximum Gasteiger partial charge on any atom is 0.405 e. The third-order valence-corrected chi connectivity index (χ3v) is 11.1. The zero-order valence-electron chi connectivity index (χ0n) is 44.9. The minimum absolute atomic E-state index is 0.00916. The van der Waals surface area contributed by atoms with E-state index in [9.17, 15) is 57.5 Å². The van der Waals surface area contributed by atoms with Gasteiger partial charge in [-0.15, -0.1) is 6.42 Å². The van der Waals surface area contributed by atoms with Crippen molar-refractivity contribution in [2.24, 2.45) is 22.9 Å². The van der Waals surface area contributed by atoms with Gasteiger partial charge >= 0.3 is 6.09 Å². The van der Waals surface area contributed by atoms with Crippen LogP contribution in [-0.2, 0) is 62.3 Å². The number of rotatable bonds is 36. The summed E-state index contributed by atoms with van der Waals surface area (Å²) in [6.07, 6.45) is 30.5. The van der Waals surface area contributed by atoms with Crippen molar-refractivity contribution in [3.05, 3.63) is 36.5 Å². The summed E-state index contributed by atoms with van der Waals surface area (Å²) in [7, 11) is 0. The van der Waals surface area contributed by atoms with Crippen molar-refractivity contribution in [1.82, 2.24) is 30.7 Å². The van der Waals surface area contributed by atoms with Crippen molar-refractivity contribution < 1.29 is 67.1 Å². The van der Waals surface area contributed by atoms with Gasteiger partial charge in [0.25, 0.3) is 35.4 Å². The van der Waals surface area contributed by atoms with Crippen molar-refractivity contribution in [3.63, 3.8) is 0 Å². The number of carbonyl (C=O) groups excluding carboxylic acids is 13. The summed E-state index contributed by atoms with van der Waals surface area (Å²) in [5.74, 6) is 0.110. The van der Waals surface area contributed by atoms with Gasteiger partial charge < -0.3 is 43.6 Å². The van der Waals surface area contributed by atoms with Crippen molar-refractivity contribution in [2.45, 2.75) is 161 Å². The largest absolute Gasteiger partial charge is 0.437 e. The third-order valence-electron chi connectivity index (χ3n) is 11.1. The first-order valence-corrected chi connectivity index (χ1v) is 26.3. The molecule has 0 bridgehead atoms. The minimum Gasteiger partial charge on any atom is -0.437 e. The van der Waals surface area contributed by atoms with Crippen molar-refractivity contribution >= 4 is 77.5 Å². The number of hydrogen-bond acceptors (Lipinski definition) is 14. The molecule has 77 heavy (non-hydrogen) atoms. The molecule has 0 aromatic heterocycles. The fourth-order valence-corrected chi connectivity index (χ4v) is 6.97. The molecule has 0 unspecified atom stereocenters. The van der Waals surface area contributed by atoms with Gasteiger partial charge in [0.15, 0.2) is 6.61 Å². The Morgan fingerprint density at radius 3 is 0.961 bits per heavy atom. The molecule has 0 aromatic carbocycles. The molecule has 13 amide bonds. The van der Waals surface area contributed by atoms with Crippen LogP contribution >= 0.6 is 0 Å². The van der Waals surface area contributed by atoms with Gasteiger partial charge in [0.1, 0.15) is 0 Å². The van der Waals surface area contributed by atoms with Crippen LogP contribution in [-0.4, -0.2) is 138 Å². The second-order valence-electron chi connectivity index (χ2n) is 17.5. The smallest absolute Gasteiger partial charge is 0.405 e. The third kappa shape index (κ3) is 42.2. The number of carbonyl (C=O) groups is 13. The van der Waals surface area contributed by atoms with Crippen LogP contribution in [0.5, 0.6) is 0 Å². The van der Waals surface area contributed by atoms with E-state index in [1.807, 2.05) is 0 Å². The van der Waals surface area contributed by atoms with E-state index in [0.717, 1.165) is 96.4 Å². The highest BCUT2D eigenvalue weighted by atomic mass is 16.5. The number of imide groups is 3. The first-order chi connectivity index (χ1) is 36.8. The minimum atomic E-state index is -0.835. The number of amides is 13. The summed E-state index contributed by atoms with van der Waals surface area (Å²) >= 11 is 0. The predicted molar refractivity (Wildman–Crippen MR) is 286 cm³/mol. The Labute approximate surface area is 452 Å². The Bertz CT molecular complexity index is 1880. The topological polar surface area (TPSA) is 381 Å². The van der Waals surface area contributed by atoms with E-state index < -0.39 is 6.09 Å². The standard InChI is InChI=1S/2C16H25N3O4.C16H26N2O3.C4H5NO2.CH3NO/c2*17-13(20)7-3-1-5-11-18-14(21)8-4-2-6-12-19-15(22)9-10-16(19)23;1-2-3-4-7-12-17-14(19)9-6-5-8-13-18-15(20)10-11-16(18)21;1-2-3-7-4(5)6;2-1-3/h2*9-10H,1-8,11-12H2,(H2,17,20)(H,18,21);10-11H,2-9,12-13H2,1H3,(H,17,19);1H,3H2,(H2,5,6);1H,(H2,2,3). The molecular weight excluding hydrogens is 1000 g/mol. The molecule has 430 valence electrons. The number of nitrogens with one attached hydrogen (secondary N) is 3. The average Bonchev–Trinajstić information content (AvgIpc) is 4.01. The maximum absolute atomic E-state index is 11.6. The number of unbranched alkanes of at least 4 members (excludes halogenated alkanes) is 13. The zero-order chi connectivity index (χ0) is 58.1. The Kier molecular flexibility index (Phi) is 44.5. The van der Waals surface area contributed by atoms with E-state index in [-0.39, 0.29) is 78.0 Å². The van der Waals surface area contributed by atoms with Gasteiger partial charge in [-0.05, 0) is 70.6 Å². The predicted octanol–water partition coefficient (Wildman–Crippen LogP) is 2.25. The molecule has 11 N–H and O–H groups in total. The summed E-state index contributed by atoms with van der Waals surface area (Å²) in [5.41, 5.74) is 18.8. The van der Waals surface area contributed by atoms with Crippen LogP contribution in [0, 0.1) is 12.3 Å². The Hall–Kier alpha value is -7.71. The van der Waals surface area contributed by atoms with Gasteiger partial charge in [0, 0.05) is 108 Å². The van der Waals surface area contributed by atoms with Crippen LogP contribution in [0.15, 0.2) is 36.5 Å². The maximum atomic E-state index is 11.6. The monoisotopic (exact) mass is 1080 g/mol. The van der Waals surface area contributed by atoms with Gasteiger partial charge in [0.2, 0.25) is 35.9 Å². The molecule has 0 aromatic rings. The van der Waals surface area contributed by atoms with Crippen LogP contribution in [0.4, 0.5) is 4.79 Å². The number of nitrogens with zero attached hydrogens (tertiary/aromatic N) is 3. The van der Waals surface area contributed by atoms with Crippen LogP contribution < -0.4 is 38.9 Å². The molecule has 24 heteroatoms. The summed E-state index contributed by atoms with van der Waals surface area (Å²) in [6.45, 7) is 5.37. The summed E-state index contributed by atoms with van der Waals surface area (Å²) < 4.78 is 4.09. The van der Waals surface area contributed by atoms with Crippen LogP contribution in [0.1, 0.15) is 161 Å². The first-order valence-electron chi connectivity index (χ1n) is 26.3. The second-order valence-corrected chi connectivity index (χ2v) is 17.5. The van der Waals surface area contributed by atoms with E-state index in [2.05, 4.69) is 45.0 Å². The molecule has 3 aliphatic rings. The lowest BCUT2D eigenvalue weighted by atomic mass is 10.1.